The number of fused-ring (bicyclic) bond motifs is 1. The second kappa shape index (κ2) is 10.3. The number of amides is 1. The molecule has 0 unspecified atom stereocenters. The van der Waals surface area contributed by atoms with Crippen molar-refractivity contribution in [2.24, 2.45) is 5.73 Å². The van der Waals surface area contributed by atoms with E-state index in [0.717, 1.165) is 11.1 Å². The number of nitrogens with zero attached hydrogens (tertiary/aromatic N) is 4. The molecule has 4 aromatic rings. The molecule has 1 atom stereocenters. The summed E-state index contributed by atoms with van der Waals surface area (Å²) in [6, 6.07) is 16.9. The van der Waals surface area contributed by atoms with E-state index in [0.29, 0.717) is 53.4 Å². The minimum absolute atomic E-state index is 0.126. The van der Waals surface area contributed by atoms with Gasteiger partial charge >= 0.3 is 0 Å². The van der Waals surface area contributed by atoms with E-state index in [2.05, 4.69) is 4.37 Å². The summed E-state index contributed by atoms with van der Waals surface area (Å²) >= 11 is 1.21. The molecule has 1 amide bonds. The van der Waals surface area contributed by atoms with E-state index in [-0.39, 0.29) is 11.5 Å². The van der Waals surface area contributed by atoms with E-state index in [1.165, 1.54) is 11.5 Å². The Morgan fingerprint density at radius 1 is 1.12 bits per heavy atom. The highest BCUT2D eigenvalue weighted by Gasteiger charge is 2.29. The van der Waals surface area contributed by atoms with Crippen LogP contribution in [-0.4, -0.2) is 37.8 Å². The number of hydrogen-bond donors (Lipinski definition) is 1. The fourth-order valence-electron chi connectivity index (χ4n) is 4.20. The molecule has 0 spiro atoms. The van der Waals surface area contributed by atoms with Crippen LogP contribution in [-0.2, 0) is 6.54 Å². The van der Waals surface area contributed by atoms with Gasteiger partial charge in [0.15, 0.2) is 4.83 Å². The molecule has 34 heavy (non-hydrogen) atoms. The first-order valence-electron chi connectivity index (χ1n) is 11.4. The average molecular weight is 476 g/mol. The molecule has 0 bridgehead atoms. The number of aryl methyl sites for hydroxylation is 2. The zero-order valence-electron chi connectivity index (χ0n) is 19.7. The van der Waals surface area contributed by atoms with Crippen molar-refractivity contribution in [1.82, 2.24) is 18.8 Å². The molecule has 2 aromatic carbocycles. The second-order valence-electron chi connectivity index (χ2n) is 8.37. The van der Waals surface area contributed by atoms with E-state index in [1.807, 2.05) is 75.4 Å². The lowest BCUT2D eigenvalue weighted by Crippen LogP contribution is -2.41. The molecule has 7 nitrogen and oxygen atoms in total. The third kappa shape index (κ3) is 4.64. The highest BCUT2D eigenvalue weighted by atomic mass is 32.1. The second-order valence-corrected chi connectivity index (χ2v) is 9.12. The Morgan fingerprint density at radius 3 is 2.47 bits per heavy atom. The lowest BCUT2D eigenvalue weighted by molar-refractivity contribution is 0.0664. The third-order valence-corrected chi connectivity index (χ3v) is 6.80. The Balaban J connectivity index is 1.87. The summed E-state index contributed by atoms with van der Waals surface area (Å²) in [6.07, 6.45) is 0.585. The molecule has 8 heteroatoms. The molecule has 0 aliphatic rings. The van der Waals surface area contributed by atoms with E-state index >= 15 is 0 Å². The van der Waals surface area contributed by atoms with Gasteiger partial charge in [0.1, 0.15) is 5.82 Å². The van der Waals surface area contributed by atoms with Crippen LogP contribution in [0.25, 0.3) is 10.2 Å². The van der Waals surface area contributed by atoms with Gasteiger partial charge in [-0.15, -0.1) is 0 Å². The van der Waals surface area contributed by atoms with Crippen molar-refractivity contribution >= 4 is 27.7 Å². The number of aromatic nitrogens is 3. The quantitative estimate of drug-likeness (QED) is 0.415. The van der Waals surface area contributed by atoms with Gasteiger partial charge in [0.2, 0.25) is 0 Å². The van der Waals surface area contributed by atoms with E-state index < -0.39 is 6.04 Å². The van der Waals surface area contributed by atoms with Gasteiger partial charge < -0.3 is 10.6 Å². The first-order valence-corrected chi connectivity index (χ1v) is 12.2. The number of hydrogen-bond acceptors (Lipinski definition) is 6. The smallest absolute Gasteiger partial charge is 0.264 e. The number of nitrogens with two attached hydrogens (primary N) is 1. The molecule has 0 saturated carbocycles. The first-order chi connectivity index (χ1) is 16.4. The summed E-state index contributed by atoms with van der Waals surface area (Å²) in [5.74, 6) is 0.430. The van der Waals surface area contributed by atoms with Crippen LogP contribution in [0, 0.1) is 13.8 Å². The normalized spacial score (nSPS) is 12.1. The lowest BCUT2D eigenvalue weighted by atomic mass is 10.1. The predicted molar refractivity (Wildman–Crippen MR) is 136 cm³/mol. The third-order valence-electron chi connectivity index (χ3n) is 5.97. The minimum Gasteiger partial charge on any atom is -0.329 e. The van der Waals surface area contributed by atoms with Crippen molar-refractivity contribution in [2.45, 2.75) is 39.8 Å². The maximum Gasteiger partial charge on any atom is 0.264 e. The van der Waals surface area contributed by atoms with E-state index in [4.69, 9.17) is 10.7 Å². The molecule has 176 valence electrons. The fraction of sp³-hybridized carbons (Fsp3) is 0.308. The van der Waals surface area contributed by atoms with Crippen molar-refractivity contribution < 1.29 is 4.79 Å². The van der Waals surface area contributed by atoms with Gasteiger partial charge in [-0.25, -0.2) is 4.98 Å². The molecule has 2 N–H and O–H groups in total. The summed E-state index contributed by atoms with van der Waals surface area (Å²) in [6.45, 7) is 6.83. The first kappa shape index (κ1) is 23.8. The summed E-state index contributed by atoms with van der Waals surface area (Å²) in [4.78, 5) is 34.5. The molecule has 0 radical (unpaired) electrons. The van der Waals surface area contributed by atoms with Crippen molar-refractivity contribution in [2.75, 3.05) is 13.1 Å². The Labute approximate surface area is 203 Å². The fourth-order valence-corrected chi connectivity index (χ4v) is 4.97. The summed E-state index contributed by atoms with van der Waals surface area (Å²) in [7, 11) is 0. The Kier molecular flexibility index (Phi) is 7.19. The predicted octanol–water partition coefficient (Wildman–Crippen LogP) is 4.07. The molecule has 0 saturated heterocycles. The topological polar surface area (TPSA) is 94.1 Å². The molecular formula is C26H29N5O2S. The van der Waals surface area contributed by atoms with Crippen LogP contribution in [0.15, 0.2) is 59.4 Å². The van der Waals surface area contributed by atoms with Crippen molar-refractivity contribution in [3.63, 3.8) is 0 Å². The summed E-state index contributed by atoms with van der Waals surface area (Å²) in [5.41, 5.74) is 9.13. The Bertz CT molecular complexity index is 1350. The highest BCUT2D eigenvalue weighted by Crippen LogP contribution is 2.27. The Hall–Kier alpha value is -3.36. The average Bonchev–Trinajstić information content (AvgIpc) is 3.22. The van der Waals surface area contributed by atoms with Crippen LogP contribution in [0.5, 0.6) is 0 Å². The van der Waals surface area contributed by atoms with Crippen LogP contribution in [0.1, 0.15) is 52.4 Å². The minimum atomic E-state index is -0.416. The van der Waals surface area contributed by atoms with Crippen molar-refractivity contribution in [3.8, 4) is 0 Å². The van der Waals surface area contributed by atoms with Gasteiger partial charge in [-0.2, -0.15) is 4.37 Å². The van der Waals surface area contributed by atoms with E-state index in [9.17, 15) is 9.59 Å². The number of carbonyl (C=O) groups is 1. The van der Waals surface area contributed by atoms with Crippen molar-refractivity contribution in [3.05, 3.63) is 93.2 Å². The Morgan fingerprint density at radius 2 is 1.82 bits per heavy atom. The molecule has 0 fully saturated rings. The molecule has 4 rings (SSSR count). The van der Waals surface area contributed by atoms with Crippen LogP contribution in [0.3, 0.4) is 0 Å². The maximum atomic E-state index is 13.7. The lowest BCUT2D eigenvalue weighted by Gasteiger charge is -2.32. The van der Waals surface area contributed by atoms with Crippen LogP contribution in [0.2, 0.25) is 0 Å². The van der Waals surface area contributed by atoms with E-state index in [1.54, 1.807) is 9.47 Å². The van der Waals surface area contributed by atoms with Gasteiger partial charge in [0.25, 0.3) is 11.5 Å². The van der Waals surface area contributed by atoms with Crippen LogP contribution in [0.4, 0.5) is 0 Å². The highest BCUT2D eigenvalue weighted by molar-refractivity contribution is 7.12. The maximum absolute atomic E-state index is 13.7. The van der Waals surface area contributed by atoms with Crippen LogP contribution >= 0.6 is 11.5 Å². The summed E-state index contributed by atoms with van der Waals surface area (Å²) < 4.78 is 6.06. The van der Waals surface area contributed by atoms with Gasteiger partial charge in [0, 0.05) is 18.7 Å². The number of carbonyl (C=O) groups excluding carboxylic acids is 1. The molecule has 2 aromatic heterocycles. The molecular weight excluding hydrogens is 446 g/mol. The monoisotopic (exact) mass is 475 g/mol. The zero-order valence-corrected chi connectivity index (χ0v) is 20.5. The van der Waals surface area contributed by atoms with Gasteiger partial charge in [-0.3, -0.25) is 14.2 Å². The van der Waals surface area contributed by atoms with Gasteiger partial charge in [0.05, 0.1) is 23.7 Å². The largest absolute Gasteiger partial charge is 0.329 e. The number of benzene rings is 2. The molecule has 2 heterocycles. The van der Waals surface area contributed by atoms with Gasteiger partial charge in [-0.05, 0) is 49.5 Å². The summed E-state index contributed by atoms with van der Waals surface area (Å²) in [5, 5.41) is 0.537. The van der Waals surface area contributed by atoms with Crippen molar-refractivity contribution in [1.29, 1.82) is 0 Å². The standard InChI is InChI=1S/C26H29N5O2S/c1-4-21(30(15-14-27)25(32)20-12-10-17(2)11-13-20)23-28-24-22(18(3)29-34-24)26(33)31(23)16-19-8-6-5-7-9-19/h5-13,21H,4,14-16,27H2,1-3H3/t21-/m0/s1. The zero-order chi connectivity index (χ0) is 24.2. The van der Waals surface area contributed by atoms with Gasteiger partial charge in [-0.1, -0.05) is 55.0 Å². The molecule has 0 aliphatic heterocycles. The molecule has 0 aliphatic carbocycles. The SMILES string of the molecule is CC[C@@H](c1nc2snc(C)c2c(=O)n1Cc1ccccc1)N(CCN)C(=O)c1ccc(C)cc1. The van der Waals surface area contributed by atoms with Crippen LogP contribution < -0.4 is 11.3 Å². The number of rotatable bonds is 8.